The average molecular weight is 248 g/mol. The van der Waals surface area contributed by atoms with Crippen LogP contribution in [-0.4, -0.2) is 27.9 Å². The molecule has 96 valence electrons. The quantitative estimate of drug-likeness (QED) is 0.714. The molecule has 1 aliphatic rings. The second-order valence-electron chi connectivity index (χ2n) is 5.33. The molecule has 1 aromatic heterocycles. The van der Waals surface area contributed by atoms with Gasteiger partial charge in [0, 0.05) is 11.8 Å². The minimum Gasteiger partial charge on any atom is -0.444 e. The largest absolute Gasteiger partial charge is 0.444 e. The Morgan fingerprint density at radius 2 is 2.17 bits per heavy atom. The highest BCUT2D eigenvalue weighted by atomic mass is 16.6. The molecule has 1 amide bonds. The topological polar surface area (TPSA) is 59.5 Å². The molecule has 0 aliphatic carbocycles. The number of hydrogen-bond acceptors (Lipinski definition) is 4. The van der Waals surface area contributed by atoms with E-state index in [0.717, 1.165) is 17.5 Å². The van der Waals surface area contributed by atoms with Gasteiger partial charge in [-0.15, -0.1) is 0 Å². The van der Waals surface area contributed by atoms with Gasteiger partial charge in [-0.25, -0.2) is 4.79 Å². The molecule has 1 aromatic rings. The van der Waals surface area contributed by atoms with Crippen LogP contribution in [0.2, 0.25) is 0 Å². The number of rotatable bonds is 1. The minimum atomic E-state index is -0.507. The third-order valence-corrected chi connectivity index (χ3v) is 2.57. The van der Waals surface area contributed by atoms with Crippen molar-refractivity contribution < 1.29 is 14.3 Å². The lowest BCUT2D eigenvalue weighted by Crippen LogP contribution is -2.33. The molecular formula is C13H16N2O3. The Labute approximate surface area is 106 Å². The predicted molar refractivity (Wildman–Crippen MR) is 65.1 cm³/mol. The van der Waals surface area contributed by atoms with Crippen LogP contribution in [0.5, 0.6) is 0 Å². The molecule has 0 aromatic carbocycles. The molecular weight excluding hydrogens is 232 g/mol. The average Bonchev–Trinajstić information content (AvgIpc) is 2.69. The van der Waals surface area contributed by atoms with Crippen LogP contribution in [0.15, 0.2) is 12.3 Å². The predicted octanol–water partition coefficient (Wildman–Crippen LogP) is 2.14. The smallest absolute Gasteiger partial charge is 0.410 e. The Bertz CT molecular complexity index is 491. The lowest BCUT2D eigenvalue weighted by atomic mass is 10.2. The maximum Gasteiger partial charge on any atom is 0.410 e. The fourth-order valence-electron chi connectivity index (χ4n) is 1.80. The zero-order valence-electron chi connectivity index (χ0n) is 10.8. The van der Waals surface area contributed by atoms with Crippen LogP contribution in [0, 0.1) is 0 Å². The standard InChI is InChI=1S/C13H16N2O3/c1-13(2,3)18-12(17)15-6-10-4-9(8-16)5-14-11(10)7-15/h4-5,8H,6-7H2,1-3H3. The van der Waals surface area contributed by atoms with Gasteiger partial charge in [-0.2, -0.15) is 0 Å². The van der Waals surface area contributed by atoms with Crippen LogP contribution in [-0.2, 0) is 17.8 Å². The lowest BCUT2D eigenvalue weighted by Gasteiger charge is -2.23. The fourth-order valence-corrected chi connectivity index (χ4v) is 1.80. The number of hydrogen-bond donors (Lipinski definition) is 0. The Kier molecular flexibility index (Phi) is 3.07. The van der Waals surface area contributed by atoms with Crippen molar-refractivity contribution in [3.63, 3.8) is 0 Å². The van der Waals surface area contributed by atoms with Gasteiger partial charge in [0.25, 0.3) is 0 Å². The first kappa shape index (κ1) is 12.5. The van der Waals surface area contributed by atoms with Crippen LogP contribution in [0.3, 0.4) is 0 Å². The van der Waals surface area contributed by atoms with Gasteiger partial charge in [-0.1, -0.05) is 0 Å². The molecule has 1 aliphatic heterocycles. The molecule has 0 radical (unpaired) electrons. The van der Waals surface area contributed by atoms with E-state index in [2.05, 4.69) is 4.98 Å². The van der Waals surface area contributed by atoms with E-state index in [4.69, 9.17) is 4.74 Å². The molecule has 0 bridgehead atoms. The molecule has 0 unspecified atom stereocenters. The second-order valence-corrected chi connectivity index (χ2v) is 5.33. The van der Waals surface area contributed by atoms with Crippen molar-refractivity contribution in [3.8, 4) is 0 Å². The van der Waals surface area contributed by atoms with Crippen molar-refractivity contribution in [3.05, 3.63) is 29.1 Å². The lowest BCUT2D eigenvalue weighted by molar-refractivity contribution is 0.0240. The summed E-state index contributed by atoms with van der Waals surface area (Å²) in [4.78, 5) is 28.3. The highest BCUT2D eigenvalue weighted by Gasteiger charge is 2.28. The number of ether oxygens (including phenoxy) is 1. The number of pyridine rings is 1. The van der Waals surface area contributed by atoms with Gasteiger partial charge in [0.15, 0.2) is 6.29 Å². The van der Waals surface area contributed by atoms with Crippen molar-refractivity contribution in [1.82, 2.24) is 9.88 Å². The van der Waals surface area contributed by atoms with Crippen LogP contribution in [0.25, 0.3) is 0 Å². The molecule has 2 rings (SSSR count). The Hall–Kier alpha value is -1.91. The van der Waals surface area contributed by atoms with Crippen LogP contribution in [0.1, 0.15) is 42.4 Å². The number of carbonyl (C=O) groups is 2. The first-order valence-electron chi connectivity index (χ1n) is 5.80. The summed E-state index contributed by atoms with van der Waals surface area (Å²) in [6.45, 7) is 6.37. The summed E-state index contributed by atoms with van der Waals surface area (Å²) in [7, 11) is 0. The van der Waals surface area contributed by atoms with Gasteiger partial charge in [0.05, 0.1) is 18.8 Å². The Balaban J connectivity index is 2.10. The van der Waals surface area contributed by atoms with Crippen molar-refractivity contribution in [2.45, 2.75) is 39.5 Å². The number of carbonyl (C=O) groups excluding carboxylic acids is 2. The normalized spacial score (nSPS) is 14.3. The zero-order chi connectivity index (χ0) is 13.3. The van der Waals surface area contributed by atoms with Gasteiger partial charge in [0.2, 0.25) is 0 Å². The second kappa shape index (κ2) is 4.40. The fraction of sp³-hybridized carbons (Fsp3) is 0.462. The van der Waals surface area contributed by atoms with Crippen LogP contribution in [0.4, 0.5) is 4.79 Å². The molecule has 0 spiro atoms. The van der Waals surface area contributed by atoms with Crippen molar-refractivity contribution in [2.75, 3.05) is 0 Å². The molecule has 5 nitrogen and oxygen atoms in total. The van der Waals surface area contributed by atoms with E-state index in [1.165, 1.54) is 6.20 Å². The summed E-state index contributed by atoms with van der Waals surface area (Å²) in [5, 5.41) is 0. The van der Waals surface area contributed by atoms with Gasteiger partial charge < -0.3 is 4.74 Å². The third kappa shape index (κ3) is 2.67. The monoisotopic (exact) mass is 248 g/mol. The van der Waals surface area contributed by atoms with Gasteiger partial charge in [0.1, 0.15) is 5.60 Å². The van der Waals surface area contributed by atoms with Crippen molar-refractivity contribution in [1.29, 1.82) is 0 Å². The van der Waals surface area contributed by atoms with E-state index in [1.54, 1.807) is 11.0 Å². The highest BCUT2D eigenvalue weighted by molar-refractivity contribution is 5.75. The van der Waals surface area contributed by atoms with Crippen LogP contribution >= 0.6 is 0 Å². The minimum absolute atomic E-state index is 0.354. The summed E-state index contributed by atoms with van der Waals surface area (Å²) in [5.41, 5.74) is 1.75. The molecule has 0 N–H and O–H groups in total. The number of fused-ring (bicyclic) bond motifs is 1. The van der Waals surface area contributed by atoms with Crippen molar-refractivity contribution >= 4 is 12.4 Å². The van der Waals surface area contributed by atoms with Gasteiger partial charge in [-0.05, 0) is 32.4 Å². The van der Waals surface area contributed by atoms with E-state index >= 15 is 0 Å². The van der Waals surface area contributed by atoms with E-state index < -0.39 is 5.60 Å². The SMILES string of the molecule is CC(C)(C)OC(=O)N1Cc2cc(C=O)cnc2C1. The summed E-state index contributed by atoms with van der Waals surface area (Å²) in [5.74, 6) is 0. The van der Waals surface area contributed by atoms with Crippen molar-refractivity contribution in [2.24, 2.45) is 0 Å². The number of aldehydes is 1. The molecule has 0 fully saturated rings. The third-order valence-electron chi connectivity index (χ3n) is 2.57. The molecule has 18 heavy (non-hydrogen) atoms. The van der Waals surface area contributed by atoms with Crippen LogP contribution < -0.4 is 0 Å². The maximum absolute atomic E-state index is 11.9. The zero-order valence-corrected chi connectivity index (χ0v) is 10.8. The summed E-state index contributed by atoms with van der Waals surface area (Å²) in [6, 6.07) is 1.76. The maximum atomic E-state index is 11.9. The first-order valence-corrected chi connectivity index (χ1v) is 5.80. The van der Waals surface area contributed by atoms with Gasteiger partial charge >= 0.3 is 6.09 Å². The molecule has 0 atom stereocenters. The van der Waals surface area contributed by atoms with E-state index in [-0.39, 0.29) is 6.09 Å². The summed E-state index contributed by atoms with van der Waals surface area (Å²) < 4.78 is 5.30. The number of nitrogens with zero attached hydrogens (tertiary/aromatic N) is 2. The molecule has 0 saturated carbocycles. The highest BCUT2D eigenvalue weighted by Crippen LogP contribution is 2.23. The van der Waals surface area contributed by atoms with Gasteiger partial charge in [-0.3, -0.25) is 14.7 Å². The number of amides is 1. The molecule has 2 heterocycles. The summed E-state index contributed by atoms with van der Waals surface area (Å²) >= 11 is 0. The van der Waals surface area contributed by atoms with E-state index in [9.17, 15) is 9.59 Å². The Morgan fingerprint density at radius 1 is 1.44 bits per heavy atom. The Morgan fingerprint density at radius 3 is 2.78 bits per heavy atom. The van der Waals surface area contributed by atoms with E-state index in [1.807, 2.05) is 20.8 Å². The first-order chi connectivity index (χ1) is 8.39. The molecule has 0 saturated heterocycles. The molecule has 5 heteroatoms. The summed E-state index contributed by atoms with van der Waals surface area (Å²) in [6.07, 6.45) is 1.92. The van der Waals surface area contributed by atoms with E-state index in [0.29, 0.717) is 18.7 Å². The number of aromatic nitrogens is 1.